The summed E-state index contributed by atoms with van der Waals surface area (Å²) in [4.78, 5) is 11.6. The van der Waals surface area contributed by atoms with E-state index < -0.39 is 5.60 Å². The lowest BCUT2D eigenvalue weighted by Gasteiger charge is -2.60. The number of ether oxygens (including phenoxy) is 1. The van der Waals surface area contributed by atoms with Crippen LogP contribution in [-0.4, -0.2) is 23.8 Å². The Hall–Kier alpha value is -0.770. The van der Waals surface area contributed by atoms with Crippen molar-refractivity contribution in [3.63, 3.8) is 0 Å². The topological polar surface area (TPSA) is 64.3 Å². The largest absolute Gasteiger partial charge is 0.444 e. The number of carbonyl (C=O) groups excluding carboxylic acids is 1. The Bertz CT molecular complexity index is 292. The average Bonchev–Trinajstić information content (AvgIpc) is 1.95. The van der Waals surface area contributed by atoms with Crippen molar-refractivity contribution in [3.8, 4) is 0 Å². The van der Waals surface area contributed by atoms with Crippen LogP contribution in [0.25, 0.3) is 0 Å². The number of alkyl carbamates (subject to hydrolysis) is 1. The van der Waals surface area contributed by atoms with Crippen molar-refractivity contribution in [2.24, 2.45) is 11.1 Å². The molecule has 1 spiro atoms. The molecule has 2 rings (SSSR count). The predicted molar refractivity (Wildman–Crippen MR) is 62.0 cm³/mol. The zero-order valence-electron chi connectivity index (χ0n) is 10.4. The van der Waals surface area contributed by atoms with E-state index in [2.05, 4.69) is 5.32 Å². The molecule has 2 saturated carbocycles. The molecule has 0 aliphatic heterocycles. The number of rotatable bonds is 1. The minimum absolute atomic E-state index is 0.191. The van der Waals surface area contributed by atoms with Crippen molar-refractivity contribution in [2.75, 3.05) is 0 Å². The van der Waals surface area contributed by atoms with Gasteiger partial charge in [0.05, 0.1) is 0 Å². The molecule has 0 radical (unpaired) electrons. The van der Waals surface area contributed by atoms with E-state index in [4.69, 9.17) is 10.5 Å². The van der Waals surface area contributed by atoms with Crippen molar-refractivity contribution < 1.29 is 9.53 Å². The maximum atomic E-state index is 11.6. The smallest absolute Gasteiger partial charge is 0.407 e. The standard InChI is InChI=1S/C12H22N2O2/c1-11(2,3)16-10(15)14-9-7-8(13)12(9)5-4-6-12/h8-9H,4-7,13H2,1-3H3,(H,14,15)/t8-,9-/m1/s1. The highest BCUT2D eigenvalue weighted by Crippen LogP contribution is 2.55. The fourth-order valence-corrected chi connectivity index (χ4v) is 2.78. The van der Waals surface area contributed by atoms with Gasteiger partial charge in [0.15, 0.2) is 0 Å². The second-order valence-corrected chi connectivity index (χ2v) is 6.13. The first kappa shape index (κ1) is 11.7. The number of hydrogen-bond acceptors (Lipinski definition) is 3. The van der Waals surface area contributed by atoms with Gasteiger partial charge >= 0.3 is 6.09 Å². The summed E-state index contributed by atoms with van der Waals surface area (Å²) in [6.07, 6.45) is 4.11. The van der Waals surface area contributed by atoms with E-state index in [1.165, 1.54) is 6.42 Å². The van der Waals surface area contributed by atoms with Crippen LogP contribution in [0.2, 0.25) is 0 Å². The Kier molecular flexibility index (Phi) is 2.65. The zero-order valence-corrected chi connectivity index (χ0v) is 10.4. The first-order valence-corrected chi connectivity index (χ1v) is 6.09. The second-order valence-electron chi connectivity index (χ2n) is 6.13. The van der Waals surface area contributed by atoms with Gasteiger partial charge < -0.3 is 15.8 Å². The van der Waals surface area contributed by atoms with Crippen LogP contribution in [-0.2, 0) is 4.74 Å². The van der Waals surface area contributed by atoms with Gasteiger partial charge in [-0.15, -0.1) is 0 Å². The summed E-state index contributed by atoms with van der Waals surface area (Å²) in [7, 11) is 0. The lowest BCUT2D eigenvalue weighted by atomic mass is 9.50. The molecule has 0 saturated heterocycles. The molecule has 2 aliphatic rings. The molecule has 0 heterocycles. The Labute approximate surface area is 96.9 Å². The van der Waals surface area contributed by atoms with Crippen LogP contribution in [0.4, 0.5) is 4.79 Å². The molecule has 0 aromatic carbocycles. The first-order valence-electron chi connectivity index (χ1n) is 6.09. The summed E-state index contributed by atoms with van der Waals surface area (Å²) >= 11 is 0. The van der Waals surface area contributed by atoms with E-state index in [9.17, 15) is 4.79 Å². The number of carbonyl (C=O) groups is 1. The monoisotopic (exact) mass is 226 g/mol. The van der Waals surface area contributed by atoms with Crippen LogP contribution < -0.4 is 11.1 Å². The minimum Gasteiger partial charge on any atom is -0.444 e. The molecule has 4 heteroatoms. The van der Waals surface area contributed by atoms with Crippen LogP contribution in [0, 0.1) is 5.41 Å². The van der Waals surface area contributed by atoms with E-state index >= 15 is 0 Å². The predicted octanol–water partition coefficient (Wildman–Crippen LogP) is 1.78. The maximum absolute atomic E-state index is 11.6. The number of amides is 1. The quantitative estimate of drug-likeness (QED) is 0.716. The van der Waals surface area contributed by atoms with Gasteiger partial charge in [-0.3, -0.25) is 0 Å². The van der Waals surface area contributed by atoms with Gasteiger partial charge in [0.1, 0.15) is 5.60 Å². The fraction of sp³-hybridized carbons (Fsp3) is 0.917. The summed E-state index contributed by atoms with van der Waals surface area (Å²) in [5, 5.41) is 2.95. The lowest BCUT2D eigenvalue weighted by Crippen LogP contribution is -2.70. The summed E-state index contributed by atoms with van der Waals surface area (Å²) in [5.74, 6) is 0. The third-order valence-corrected chi connectivity index (χ3v) is 3.90. The van der Waals surface area contributed by atoms with E-state index in [0.717, 1.165) is 19.3 Å². The van der Waals surface area contributed by atoms with E-state index in [-0.39, 0.29) is 23.6 Å². The Morgan fingerprint density at radius 2 is 2.06 bits per heavy atom. The summed E-state index contributed by atoms with van der Waals surface area (Å²) in [6.45, 7) is 5.62. The van der Waals surface area contributed by atoms with Gasteiger partial charge in [0, 0.05) is 17.5 Å². The normalized spacial score (nSPS) is 31.5. The number of nitrogens with one attached hydrogen (secondary N) is 1. The van der Waals surface area contributed by atoms with Crippen molar-refractivity contribution in [2.45, 2.75) is 64.1 Å². The lowest BCUT2D eigenvalue weighted by molar-refractivity contribution is -0.0462. The van der Waals surface area contributed by atoms with Crippen LogP contribution in [0.3, 0.4) is 0 Å². The van der Waals surface area contributed by atoms with Crippen molar-refractivity contribution in [3.05, 3.63) is 0 Å². The highest BCUT2D eigenvalue weighted by atomic mass is 16.6. The Morgan fingerprint density at radius 1 is 1.44 bits per heavy atom. The Balaban J connectivity index is 1.85. The van der Waals surface area contributed by atoms with Gasteiger partial charge in [-0.2, -0.15) is 0 Å². The molecule has 16 heavy (non-hydrogen) atoms. The molecular weight excluding hydrogens is 204 g/mol. The van der Waals surface area contributed by atoms with Gasteiger partial charge in [-0.1, -0.05) is 6.42 Å². The Morgan fingerprint density at radius 3 is 2.44 bits per heavy atom. The maximum Gasteiger partial charge on any atom is 0.407 e. The number of nitrogens with two attached hydrogens (primary N) is 1. The molecule has 1 amide bonds. The van der Waals surface area contributed by atoms with Gasteiger partial charge in [0.2, 0.25) is 0 Å². The minimum atomic E-state index is -0.428. The van der Waals surface area contributed by atoms with Gasteiger partial charge in [-0.25, -0.2) is 4.79 Å². The molecule has 0 unspecified atom stereocenters. The van der Waals surface area contributed by atoms with E-state index in [0.29, 0.717) is 0 Å². The molecule has 4 nitrogen and oxygen atoms in total. The summed E-state index contributed by atoms with van der Waals surface area (Å²) in [6, 6.07) is 0.493. The molecular formula is C12H22N2O2. The third kappa shape index (κ3) is 1.90. The molecule has 2 fully saturated rings. The van der Waals surface area contributed by atoms with Crippen molar-refractivity contribution in [1.29, 1.82) is 0 Å². The van der Waals surface area contributed by atoms with Crippen molar-refractivity contribution in [1.82, 2.24) is 5.32 Å². The van der Waals surface area contributed by atoms with Gasteiger partial charge in [0.25, 0.3) is 0 Å². The van der Waals surface area contributed by atoms with Crippen LogP contribution in [0.1, 0.15) is 46.5 Å². The zero-order chi connectivity index (χ0) is 12.0. The van der Waals surface area contributed by atoms with Gasteiger partial charge in [-0.05, 0) is 40.0 Å². The average molecular weight is 226 g/mol. The van der Waals surface area contributed by atoms with Crippen LogP contribution >= 0.6 is 0 Å². The highest BCUT2D eigenvalue weighted by molar-refractivity contribution is 5.68. The van der Waals surface area contributed by atoms with Crippen molar-refractivity contribution >= 4 is 6.09 Å². The highest BCUT2D eigenvalue weighted by Gasteiger charge is 2.57. The molecule has 0 aromatic rings. The van der Waals surface area contributed by atoms with E-state index in [1.54, 1.807) is 0 Å². The molecule has 0 bridgehead atoms. The van der Waals surface area contributed by atoms with E-state index in [1.807, 2.05) is 20.8 Å². The molecule has 2 aliphatic carbocycles. The molecule has 92 valence electrons. The number of hydrogen-bond donors (Lipinski definition) is 2. The SMILES string of the molecule is CC(C)(C)OC(=O)N[C@@H]1C[C@@H](N)C12CCC2. The van der Waals surface area contributed by atoms with Crippen LogP contribution in [0.5, 0.6) is 0 Å². The fourth-order valence-electron chi connectivity index (χ4n) is 2.78. The summed E-state index contributed by atoms with van der Waals surface area (Å²) < 4.78 is 5.25. The molecule has 0 aromatic heterocycles. The summed E-state index contributed by atoms with van der Waals surface area (Å²) in [5.41, 5.74) is 5.78. The molecule has 2 atom stereocenters. The third-order valence-electron chi connectivity index (χ3n) is 3.90. The molecule has 3 N–H and O–H groups in total. The first-order chi connectivity index (χ1) is 7.33. The van der Waals surface area contributed by atoms with Crippen LogP contribution in [0.15, 0.2) is 0 Å². The second kappa shape index (κ2) is 3.62.